The molecule has 0 radical (unpaired) electrons. The molecule has 1 N–H and O–H groups in total. The van der Waals surface area contributed by atoms with Crippen molar-refractivity contribution in [2.45, 2.75) is 25.8 Å². The molecule has 1 aliphatic rings. The van der Waals surface area contributed by atoms with Gasteiger partial charge in [-0.25, -0.2) is 4.39 Å². The molecule has 0 spiro atoms. The standard InChI is InChI=1S/C14H20BrFN2.ClH/c1-2-4-13(18-9-7-17-8-10-18)11-5-3-6-12(16)14(11)15;/h3,5-6,13,17H,2,4,7-10H2,1H3;1H/t13-;/m0./s1. The molecule has 0 aliphatic carbocycles. The van der Waals surface area contributed by atoms with Crippen LogP contribution in [0.3, 0.4) is 0 Å². The minimum Gasteiger partial charge on any atom is -0.314 e. The molecule has 2 rings (SSSR count). The van der Waals surface area contributed by atoms with Crippen LogP contribution in [0.2, 0.25) is 0 Å². The Kier molecular flexibility index (Phi) is 7.29. The van der Waals surface area contributed by atoms with Crippen molar-refractivity contribution in [2.75, 3.05) is 26.2 Å². The van der Waals surface area contributed by atoms with Gasteiger partial charge in [0.1, 0.15) is 5.82 Å². The van der Waals surface area contributed by atoms with Crippen molar-refractivity contribution in [3.63, 3.8) is 0 Å². The van der Waals surface area contributed by atoms with E-state index in [1.165, 1.54) is 6.07 Å². The van der Waals surface area contributed by atoms with Crippen LogP contribution >= 0.6 is 28.3 Å². The van der Waals surface area contributed by atoms with Crippen molar-refractivity contribution < 1.29 is 4.39 Å². The molecule has 1 fully saturated rings. The average Bonchev–Trinajstić information content (AvgIpc) is 2.41. The third-order valence-corrected chi connectivity index (χ3v) is 4.33. The Hall–Kier alpha value is -0.160. The lowest BCUT2D eigenvalue weighted by molar-refractivity contribution is 0.164. The molecular formula is C14H21BrClFN2. The molecule has 0 unspecified atom stereocenters. The lowest BCUT2D eigenvalue weighted by atomic mass is 10.00. The second-order valence-electron chi connectivity index (χ2n) is 4.73. The zero-order valence-electron chi connectivity index (χ0n) is 11.2. The van der Waals surface area contributed by atoms with Gasteiger partial charge >= 0.3 is 0 Å². The van der Waals surface area contributed by atoms with Crippen molar-refractivity contribution in [1.82, 2.24) is 10.2 Å². The molecule has 1 aromatic carbocycles. The predicted molar refractivity (Wildman–Crippen MR) is 83.4 cm³/mol. The molecule has 5 heteroatoms. The number of hydrogen-bond acceptors (Lipinski definition) is 2. The summed E-state index contributed by atoms with van der Waals surface area (Å²) in [7, 11) is 0. The first-order valence-corrected chi connectivity index (χ1v) is 7.42. The lowest BCUT2D eigenvalue weighted by Crippen LogP contribution is -2.45. The van der Waals surface area contributed by atoms with E-state index in [2.05, 4.69) is 33.1 Å². The van der Waals surface area contributed by atoms with Crippen LogP contribution in [0.15, 0.2) is 22.7 Å². The summed E-state index contributed by atoms with van der Waals surface area (Å²) in [6.45, 7) is 6.30. The van der Waals surface area contributed by atoms with E-state index in [9.17, 15) is 4.39 Å². The highest BCUT2D eigenvalue weighted by atomic mass is 79.9. The molecule has 2 nitrogen and oxygen atoms in total. The van der Waals surface area contributed by atoms with Crippen molar-refractivity contribution >= 4 is 28.3 Å². The number of piperazine rings is 1. The Morgan fingerprint density at radius 1 is 1.37 bits per heavy atom. The van der Waals surface area contributed by atoms with Gasteiger partial charge in [0.15, 0.2) is 0 Å². The van der Waals surface area contributed by atoms with E-state index in [0.29, 0.717) is 10.5 Å². The zero-order chi connectivity index (χ0) is 13.0. The maximum absolute atomic E-state index is 13.7. The van der Waals surface area contributed by atoms with Gasteiger partial charge < -0.3 is 5.32 Å². The van der Waals surface area contributed by atoms with Crippen LogP contribution in [0.5, 0.6) is 0 Å². The average molecular weight is 352 g/mol. The van der Waals surface area contributed by atoms with Crippen molar-refractivity contribution in [3.8, 4) is 0 Å². The molecule has 0 aromatic heterocycles. The van der Waals surface area contributed by atoms with Gasteiger partial charge in [0.25, 0.3) is 0 Å². The topological polar surface area (TPSA) is 15.3 Å². The fourth-order valence-electron chi connectivity index (χ4n) is 2.58. The Balaban J connectivity index is 0.00000180. The first-order valence-electron chi connectivity index (χ1n) is 6.62. The highest BCUT2D eigenvalue weighted by Gasteiger charge is 2.23. The van der Waals surface area contributed by atoms with Crippen LogP contribution in [0, 0.1) is 5.82 Å². The van der Waals surface area contributed by atoms with Crippen LogP contribution in [0.1, 0.15) is 31.4 Å². The minimum atomic E-state index is -0.163. The third kappa shape index (κ3) is 4.15. The number of benzene rings is 1. The van der Waals surface area contributed by atoms with Crippen LogP contribution < -0.4 is 5.32 Å². The largest absolute Gasteiger partial charge is 0.314 e. The molecule has 1 atom stereocenters. The summed E-state index contributed by atoms with van der Waals surface area (Å²) in [5.41, 5.74) is 1.08. The predicted octanol–water partition coefficient (Wildman–Crippen LogP) is 3.76. The molecule has 0 saturated carbocycles. The molecule has 1 aliphatic heterocycles. The van der Waals surface area contributed by atoms with Gasteiger partial charge in [-0.3, -0.25) is 4.90 Å². The summed E-state index contributed by atoms with van der Waals surface area (Å²) in [6.07, 6.45) is 2.18. The monoisotopic (exact) mass is 350 g/mol. The van der Waals surface area contributed by atoms with E-state index in [0.717, 1.165) is 44.6 Å². The highest BCUT2D eigenvalue weighted by Crippen LogP contribution is 2.33. The summed E-state index contributed by atoms with van der Waals surface area (Å²) in [6, 6.07) is 5.67. The van der Waals surface area contributed by atoms with Gasteiger partial charge in [-0.1, -0.05) is 25.5 Å². The second kappa shape index (κ2) is 8.20. The first-order chi connectivity index (χ1) is 8.74. The van der Waals surface area contributed by atoms with Gasteiger partial charge in [0.05, 0.1) is 4.47 Å². The smallest absolute Gasteiger partial charge is 0.137 e. The van der Waals surface area contributed by atoms with E-state index in [4.69, 9.17) is 0 Å². The van der Waals surface area contributed by atoms with Crippen LogP contribution in [-0.2, 0) is 0 Å². The normalized spacial score (nSPS) is 17.8. The Morgan fingerprint density at radius 2 is 2.05 bits per heavy atom. The van der Waals surface area contributed by atoms with Gasteiger partial charge in [0.2, 0.25) is 0 Å². The quantitative estimate of drug-likeness (QED) is 0.888. The first kappa shape index (κ1) is 16.9. The molecular weight excluding hydrogens is 331 g/mol. The summed E-state index contributed by atoms with van der Waals surface area (Å²) in [5.74, 6) is -0.163. The molecule has 19 heavy (non-hydrogen) atoms. The highest BCUT2D eigenvalue weighted by molar-refractivity contribution is 9.10. The zero-order valence-corrected chi connectivity index (χ0v) is 13.6. The number of nitrogens with zero attached hydrogens (tertiary/aromatic N) is 1. The van der Waals surface area contributed by atoms with E-state index in [1.807, 2.05) is 6.07 Å². The van der Waals surface area contributed by atoms with E-state index in [1.54, 1.807) is 6.07 Å². The molecule has 108 valence electrons. The fraction of sp³-hybridized carbons (Fsp3) is 0.571. The number of halogens is 3. The molecule has 1 aromatic rings. The van der Waals surface area contributed by atoms with E-state index >= 15 is 0 Å². The summed E-state index contributed by atoms with van der Waals surface area (Å²) < 4.78 is 14.3. The summed E-state index contributed by atoms with van der Waals surface area (Å²) in [5, 5.41) is 3.36. The Labute approximate surface area is 129 Å². The summed E-state index contributed by atoms with van der Waals surface area (Å²) >= 11 is 3.40. The minimum absolute atomic E-state index is 0. The third-order valence-electron chi connectivity index (χ3n) is 3.49. The van der Waals surface area contributed by atoms with Crippen LogP contribution in [-0.4, -0.2) is 31.1 Å². The SMILES string of the molecule is CCC[C@@H](c1cccc(F)c1Br)N1CCNCC1.Cl. The fourth-order valence-corrected chi connectivity index (χ4v) is 3.11. The van der Waals surface area contributed by atoms with Gasteiger partial charge in [-0.05, 0) is 34.0 Å². The molecule has 1 saturated heterocycles. The Morgan fingerprint density at radius 3 is 2.68 bits per heavy atom. The maximum Gasteiger partial charge on any atom is 0.137 e. The second-order valence-corrected chi connectivity index (χ2v) is 5.53. The van der Waals surface area contributed by atoms with Crippen molar-refractivity contribution in [1.29, 1.82) is 0 Å². The number of hydrogen-bond donors (Lipinski definition) is 1. The number of rotatable bonds is 4. The number of nitrogens with one attached hydrogen (secondary N) is 1. The van der Waals surface area contributed by atoms with Gasteiger partial charge in [-0.15, -0.1) is 12.4 Å². The van der Waals surface area contributed by atoms with Gasteiger partial charge in [0, 0.05) is 32.2 Å². The van der Waals surface area contributed by atoms with Gasteiger partial charge in [-0.2, -0.15) is 0 Å². The Bertz CT molecular complexity index is 397. The summed E-state index contributed by atoms with van der Waals surface area (Å²) in [4.78, 5) is 2.46. The van der Waals surface area contributed by atoms with Crippen molar-refractivity contribution in [3.05, 3.63) is 34.1 Å². The maximum atomic E-state index is 13.7. The lowest BCUT2D eigenvalue weighted by Gasteiger charge is -2.35. The van der Waals surface area contributed by atoms with Crippen LogP contribution in [0.4, 0.5) is 4.39 Å². The van der Waals surface area contributed by atoms with E-state index < -0.39 is 0 Å². The molecule has 0 amide bonds. The van der Waals surface area contributed by atoms with Crippen LogP contribution in [0.25, 0.3) is 0 Å². The molecule has 1 heterocycles. The molecule has 0 bridgehead atoms. The van der Waals surface area contributed by atoms with E-state index in [-0.39, 0.29) is 18.2 Å². The van der Waals surface area contributed by atoms with Crippen molar-refractivity contribution in [2.24, 2.45) is 0 Å².